The van der Waals surface area contributed by atoms with E-state index in [4.69, 9.17) is 19.5 Å². The summed E-state index contributed by atoms with van der Waals surface area (Å²) in [5.74, 6) is -0.902. The van der Waals surface area contributed by atoms with Crippen molar-refractivity contribution in [3.63, 3.8) is 0 Å². The number of carbonyl (C=O) groups is 2. The van der Waals surface area contributed by atoms with Crippen LogP contribution in [0.1, 0.15) is 16.9 Å². The Hall–Kier alpha value is -3.13. The van der Waals surface area contributed by atoms with Crippen LogP contribution in [0.2, 0.25) is 0 Å². The maximum absolute atomic E-state index is 9.55. The lowest BCUT2D eigenvalue weighted by Crippen LogP contribution is -2.16. The second-order valence-corrected chi connectivity index (χ2v) is 5.42. The molecule has 8 heteroatoms. The molecule has 0 saturated carbocycles. The monoisotopic (exact) mass is 360 g/mol. The Balaban J connectivity index is 0.000000260. The first-order chi connectivity index (χ1) is 12.6. The largest absolute Gasteiger partial charge is 0.478 e. The van der Waals surface area contributed by atoms with E-state index in [-0.39, 0.29) is 0 Å². The molecule has 2 aromatic rings. The molecule has 2 heterocycles. The lowest BCUT2D eigenvalue weighted by Gasteiger charge is -2.04. The van der Waals surface area contributed by atoms with Crippen molar-refractivity contribution in [2.24, 2.45) is 0 Å². The number of carboxylic acids is 2. The van der Waals surface area contributed by atoms with Gasteiger partial charge < -0.3 is 24.8 Å². The summed E-state index contributed by atoms with van der Waals surface area (Å²) in [6.45, 7) is 2.43. The summed E-state index contributed by atoms with van der Waals surface area (Å²) in [5.41, 5.74) is 2.26. The molecule has 0 atom stereocenters. The smallest absolute Gasteiger partial charge is 0.328 e. The minimum absolute atomic E-state index is 0.535. The van der Waals surface area contributed by atoms with Crippen molar-refractivity contribution in [1.82, 2.24) is 10.5 Å². The summed E-state index contributed by atoms with van der Waals surface area (Å²) in [4.78, 5) is 19.1. The van der Waals surface area contributed by atoms with Crippen molar-refractivity contribution in [2.45, 2.75) is 19.4 Å². The molecule has 0 amide bonds. The molecule has 0 bridgehead atoms. The zero-order valence-electron chi connectivity index (χ0n) is 14.1. The molecule has 0 unspecified atom stereocenters. The highest BCUT2D eigenvalue weighted by Crippen LogP contribution is 2.24. The van der Waals surface area contributed by atoms with Gasteiger partial charge in [0.05, 0.1) is 5.56 Å². The molecule has 0 saturated heterocycles. The van der Waals surface area contributed by atoms with Crippen LogP contribution in [0.4, 0.5) is 0 Å². The lowest BCUT2D eigenvalue weighted by atomic mass is 10.1. The fourth-order valence-corrected chi connectivity index (χ4v) is 2.29. The zero-order chi connectivity index (χ0) is 18.8. The number of ether oxygens (including phenoxy) is 1. The Bertz CT molecular complexity index is 738. The van der Waals surface area contributed by atoms with Crippen molar-refractivity contribution < 1.29 is 29.1 Å². The SMILES string of the molecule is O=C(O)/C=C/C(=O)O.c1ccc(COc2noc3c2CCNCC3)cc1. The highest BCUT2D eigenvalue weighted by atomic mass is 16.5. The molecule has 0 radical (unpaired) electrons. The predicted molar refractivity (Wildman–Crippen MR) is 92.0 cm³/mol. The Morgan fingerprint density at radius 2 is 1.77 bits per heavy atom. The average molecular weight is 360 g/mol. The van der Waals surface area contributed by atoms with Gasteiger partial charge in [-0.25, -0.2) is 9.59 Å². The number of rotatable bonds is 5. The highest BCUT2D eigenvalue weighted by molar-refractivity contribution is 5.89. The Labute approximate surface area is 150 Å². The van der Waals surface area contributed by atoms with E-state index >= 15 is 0 Å². The number of hydrogen-bond acceptors (Lipinski definition) is 6. The van der Waals surface area contributed by atoms with E-state index in [2.05, 4.69) is 10.5 Å². The number of aliphatic carboxylic acids is 2. The molecular weight excluding hydrogens is 340 g/mol. The van der Waals surface area contributed by atoms with E-state index in [1.807, 2.05) is 30.3 Å². The van der Waals surface area contributed by atoms with Crippen LogP contribution in [0, 0.1) is 0 Å². The van der Waals surface area contributed by atoms with Gasteiger partial charge in [0.2, 0.25) is 0 Å². The standard InChI is InChI=1S/C14H16N2O2.C4H4O4/c1-2-4-11(5-3-1)10-17-14-12-6-8-15-9-7-13(12)18-16-14;5-3(6)1-2-4(7)8/h1-5,15H,6-10H2;1-2H,(H,5,6)(H,7,8)/b;2-1+. The van der Waals surface area contributed by atoms with Crippen LogP contribution in [-0.2, 0) is 29.0 Å². The molecule has 3 rings (SSSR count). The molecule has 26 heavy (non-hydrogen) atoms. The normalized spacial score (nSPS) is 13.2. The van der Waals surface area contributed by atoms with Crippen molar-refractivity contribution in [1.29, 1.82) is 0 Å². The minimum Gasteiger partial charge on any atom is -0.478 e. The molecule has 0 aliphatic carbocycles. The summed E-state index contributed by atoms with van der Waals surface area (Å²) in [6.07, 6.45) is 2.92. The summed E-state index contributed by atoms with van der Waals surface area (Å²) in [6, 6.07) is 10.1. The zero-order valence-corrected chi connectivity index (χ0v) is 14.1. The molecule has 0 spiro atoms. The Kier molecular flexibility index (Phi) is 7.38. The Morgan fingerprint density at radius 3 is 2.42 bits per heavy atom. The van der Waals surface area contributed by atoms with Crippen LogP contribution in [0.15, 0.2) is 47.0 Å². The van der Waals surface area contributed by atoms with Crippen LogP contribution in [-0.4, -0.2) is 40.4 Å². The van der Waals surface area contributed by atoms with Gasteiger partial charge in [-0.2, -0.15) is 0 Å². The molecule has 1 aliphatic rings. The summed E-state index contributed by atoms with van der Waals surface area (Å²) in [5, 5.41) is 23.0. The molecular formula is C18H20N2O6. The van der Waals surface area contributed by atoms with E-state index < -0.39 is 11.9 Å². The third kappa shape index (κ3) is 6.40. The summed E-state index contributed by atoms with van der Waals surface area (Å²) < 4.78 is 11.1. The minimum atomic E-state index is -1.26. The fraction of sp³-hybridized carbons (Fsp3) is 0.278. The van der Waals surface area contributed by atoms with Crippen molar-refractivity contribution >= 4 is 11.9 Å². The maximum atomic E-state index is 9.55. The van der Waals surface area contributed by atoms with Gasteiger partial charge in [0, 0.05) is 25.1 Å². The van der Waals surface area contributed by atoms with Gasteiger partial charge >= 0.3 is 11.9 Å². The molecule has 138 valence electrons. The average Bonchev–Trinajstić information content (AvgIpc) is 2.86. The third-order valence-electron chi connectivity index (χ3n) is 3.50. The van der Waals surface area contributed by atoms with Gasteiger partial charge in [-0.15, -0.1) is 0 Å². The van der Waals surface area contributed by atoms with Gasteiger partial charge in [-0.05, 0) is 23.7 Å². The lowest BCUT2D eigenvalue weighted by molar-refractivity contribution is -0.134. The fourth-order valence-electron chi connectivity index (χ4n) is 2.29. The number of hydrogen-bond donors (Lipinski definition) is 3. The van der Waals surface area contributed by atoms with E-state index in [0.717, 1.165) is 42.8 Å². The van der Waals surface area contributed by atoms with E-state index in [9.17, 15) is 9.59 Å². The van der Waals surface area contributed by atoms with E-state index in [0.29, 0.717) is 24.6 Å². The predicted octanol–water partition coefficient (Wildman–Crippen LogP) is 1.65. The van der Waals surface area contributed by atoms with Gasteiger partial charge in [0.25, 0.3) is 5.88 Å². The van der Waals surface area contributed by atoms with Crippen molar-refractivity contribution in [3.05, 3.63) is 59.4 Å². The molecule has 3 N–H and O–H groups in total. The number of carboxylic acid groups (broad SMARTS) is 2. The number of nitrogens with zero attached hydrogens (tertiary/aromatic N) is 1. The summed E-state index contributed by atoms with van der Waals surface area (Å²) >= 11 is 0. The second kappa shape index (κ2) is 10.00. The number of aromatic nitrogens is 1. The van der Waals surface area contributed by atoms with Crippen molar-refractivity contribution in [3.8, 4) is 5.88 Å². The number of nitrogens with one attached hydrogen (secondary N) is 1. The van der Waals surface area contributed by atoms with Crippen molar-refractivity contribution in [2.75, 3.05) is 13.1 Å². The first-order valence-electron chi connectivity index (χ1n) is 8.05. The van der Waals surface area contributed by atoms with E-state index in [1.54, 1.807) is 0 Å². The first kappa shape index (κ1) is 19.2. The van der Waals surface area contributed by atoms with E-state index in [1.165, 1.54) is 0 Å². The van der Waals surface area contributed by atoms with Crippen LogP contribution >= 0.6 is 0 Å². The number of fused-ring (bicyclic) bond motifs is 1. The first-order valence-corrected chi connectivity index (χ1v) is 8.05. The molecule has 0 fully saturated rings. The number of benzene rings is 1. The third-order valence-corrected chi connectivity index (χ3v) is 3.50. The van der Waals surface area contributed by atoms with Crippen LogP contribution < -0.4 is 10.1 Å². The van der Waals surface area contributed by atoms with Crippen LogP contribution in [0.5, 0.6) is 5.88 Å². The van der Waals surface area contributed by atoms with Crippen LogP contribution in [0.25, 0.3) is 0 Å². The maximum Gasteiger partial charge on any atom is 0.328 e. The quantitative estimate of drug-likeness (QED) is 0.688. The van der Waals surface area contributed by atoms with Gasteiger partial charge in [0.15, 0.2) is 0 Å². The van der Waals surface area contributed by atoms with Gasteiger partial charge in [-0.1, -0.05) is 30.3 Å². The topological polar surface area (TPSA) is 122 Å². The Morgan fingerprint density at radius 1 is 1.12 bits per heavy atom. The van der Waals surface area contributed by atoms with Crippen LogP contribution in [0.3, 0.4) is 0 Å². The molecule has 1 aromatic heterocycles. The van der Waals surface area contributed by atoms with Gasteiger partial charge in [-0.3, -0.25) is 0 Å². The van der Waals surface area contributed by atoms with Gasteiger partial charge in [0.1, 0.15) is 12.4 Å². The molecule has 8 nitrogen and oxygen atoms in total. The molecule has 1 aliphatic heterocycles. The summed E-state index contributed by atoms with van der Waals surface area (Å²) in [7, 11) is 0. The second-order valence-electron chi connectivity index (χ2n) is 5.42. The highest BCUT2D eigenvalue weighted by Gasteiger charge is 2.19. The molecule has 1 aromatic carbocycles.